The number of benzene rings is 1. The molecule has 5 heteroatoms. The first-order valence-electron chi connectivity index (χ1n) is 6.62. The van der Waals surface area contributed by atoms with Crippen molar-refractivity contribution in [3.8, 4) is 0 Å². The first kappa shape index (κ1) is 15.2. The van der Waals surface area contributed by atoms with Crippen molar-refractivity contribution in [2.24, 2.45) is 0 Å². The van der Waals surface area contributed by atoms with Crippen LogP contribution >= 0.6 is 15.9 Å². The third-order valence-corrected chi connectivity index (χ3v) is 3.91. The van der Waals surface area contributed by atoms with Crippen LogP contribution in [0.25, 0.3) is 0 Å². The highest BCUT2D eigenvalue weighted by molar-refractivity contribution is 9.10. The van der Waals surface area contributed by atoms with Crippen LogP contribution in [0.4, 0.5) is 4.39 Å². The van der Waals surface area contributed by atoms with Crippen LogP contribution in [0.3, 0.4) is 0 Å². The van der Waals surface area contributed by atoms with Crippen LogP contribution in [0.15, 0.2) is 28.9 Å². The minimum Gasteiger partial charge on any atom is -0.308 e. The third kappa shape index (κ3) is 2.79. The largest absolute Gasteiger partial charge is 0.308 e. The molecule has 0 amide bonds. The predicted molar refractivity (Wildman–Crippen MR) is 82.4 cm³/mol. The van der Waals surface area contributed by atoms with Gasteiger partial charge in [-0.1, -0.05) is 17.7 Å². The normalized spacial score (nSPS) is 12.9. The van der Waals surface area contributed by atoms with Crippen LogP contribution in [0.2, 0.25) is 0 Å². The Hall–Kier alpha value is -1.20. The Morgan fingerprint density at radius 2 is 2.05 bits per heavy atom. The van der Waals surface area contributed by atoms with E-state index in [1.165, 1.54) is 6.07 Å². The Bertz CT molecular complexity index is 607. The summed E-state index contributed by atoms with van der Waals surface area (Å²) < 4.78 is 17.0. The molecule has 0 bridgehead atoms. The van der Waals surface area contributed by atoms with E-state index in [0.717, 1.165) is 15.7 Å². The topological polar surface area (TPSA) is 29.9 Å². The molecule has 108 valence electrons. The number of rotatable bonds is 4. The van der Waals surface area contributed by atoms with Gasteiger partial charge >= 0.3 is 0 Å². The summed E-state index contributed by atoms with van der Waals surface area (Å²) in [5.41, 5.74) is 2.61. The van der Waals surface area contributed by atoms with E-state index < -0.39 is 0 Å². The second-order valence-electron chi connectivity index (χ2n) is 5.16. The summed E-state index contributed by atoms with van der Waals surface area (Å²) in [6.45, 7) is 6.08. The minimum absolute atomic E-state index is 0.208. The lowest BCUT2D eigenvalue weighted by molar-refractivity contribution is 0.475. The van der Waals surface area contributed by atoms with Crippen molar-refractivity contribution < 1.29 is 4.39 Å². The molecule has 0 radical (unpaired) electrons. The van der Waals surface area contributed by atoms with E-state index in [9.17, 15) is 4.39 Å². The zero-order valence-electron chi connectivity index (χ0n) is 12.1. The van der Waals surface area contributed by atoms with Crippen LogP contribution in [0.5, 0.6) is 0 Å². The fourth-order valence-electron chi connectivity index (χ4n) is 2.36. The number of aryl methyl sites for hydroxylation is 1. The predicted octanol–water partition coefficient (Wildman–Crippen LogP) is 3.98. The van der Waals surface area contributed by atoms with Gasteiger partial charge in [-0.25, -0.2) is 4.39 Å². The molecule has 0 fully saturated rings. The summed E-state index contributed by atoms with van der Waals surface area (Å²) >= 11 is 3.52. The molecule has 1 heterocycles. The van der Waals surface area contributed by atoms with Gasteiger partial charge in [0.25, 0.3) is 0 Å². The molecule has 0 saturated heterocycles. The summed E-state index contributed by atoms with van der Waals surface area (Å²) in [5, 5.41) is 7.56. The van der Waals surface area contributed by atoms with Gasteiger partial charge in [-0.2, -0.15) is 5.10 Å². The maximum atomic E-state index is 14.2. The molecule has 1 N–H and O–H groups in total. The highest BCUT2D eigenvalue weighted by Crippen LogP contribution is 2.31. The molecule has 1 aromatic heterocycles. The smallest absolute Gasteiger partial charge is 0.128 e. The zero-order valence-corrected chi connectivity index (χ0v) is 13.7. The number of nitrogens with one attached hydrogen (secondary N) is 1. The van der Waals surface area contributed by atoms with E-state index >= 15 is 0 Å². The van der Waals surface area contributed by atoms with Crippen LogP contribution < -0.4 is 5.32 Å². The van der Waals surface area contributed by atoms with Crippen molar-refractivity contribution in [3.63, 3.8) is 0 Å². The molecule has 0 aliphatic rings. The fourth-order valence-corrected chi connectivity index (χ4v) is 2.86. The first-order chi connectivity index (χ1) is 9.45. The maximum absolute atomic E-state index is 14.2. The molecule has 1 atom stereocenters. The van der Waals surface area contributed by atoms with Crippen molar-refractivity contribution in [1.29, 1.82) is 0 Å². The van der Waals surface area contributed by atoms with E-state index in [-0.39, 0.29) is 17.9 Å². The Kier molecular flexibility index (Phi) is 4.60. The van der Waals surface area contributed by atoms with Gasteiger partial charge in [-0.3, -0.25) is 4.68 Å². The standard InChI is InChI=1S/C15H19BrFN3/c1-9(2)20-15(12(16)8-19-20)14(18-4)11-7-10(3)5-6-13(11)17/h5-9,14,18H,1-4H3. The van der Waals surface area contributed by atoms with Gasteiger partial charge in [0.05, 0.1) is 22.4 Å². The molecule has 0 saturated carbocycles. The zero-order chi connectivity index (χ0) is 14.9. The van der Waals surface area contributed by atoms with Gasteiger partial charge in [-0.15, -0.1) is 0 Å². The van der Waals surface area contributed by atoms with Gasteiger partial charge in [0.15, 0.2) is 0 Å². The number of nitrogens with zero attached hydrogens (tertiary/aromatic N) is 2. The lowest BCUT2D eigenvalue weighted by atomic mass is 10.0. The Morgan fingerprint density at radius 1 is 1.35 bits per heavy atom. The molecule has 1 aromatic carbocycles. The Morgan fingerprint density at radius 3 is 2.65 bits per heavy atom. The van der Waals surface area contributed by atoms with Gasteiger partial charge in [-0.05, 0) is 49.8 Å². The van der Waals surface area contributed by atoms with Gasteiger partial charge in [0.2, 0.25) is 0 Å². The highest BCUT2D eigenvalue weighted by atomic mass is 79.9. The van der Waals surface area contributed by atoms with Gasteiger partial charge in [0, 0.05) is 11.6 Å². The SMILES string of the molecule is CNC(c1cc(C)ccc1F)c1c(Br)cnn1C(C)C. The fraction of sp³-hybridized carbons (Fsp3) is 0.400. The Labute approximate surface area is 127 Å². The van der Waals surface area contributed by atoms with Crippen LogP contribution in [0, 0.1) is 12.7 Å². The van der Waals surface area contributed by atoms with Crippen molar-refractivity contribution in [2.75, 3.05) is 7.05 Å². The first-order valence-corrected chi connectivity index (χ1v) is 7.41. The van der Waals surface area contributed by atoms with Gasteiger partial charge < -0.3 is 5.32 Å². The van der Waals surface area contributed by atoms with E-state index in [1.54, 1.807) is 12.3 Å². The minimum atomic E-state index is -0.242. The highest BCUT2D eigenvalue weighted by Gasteiger charge is 2.24. The molecular weight excluding hydrogens is 321 g/mol. The molecule has 2 aromatic rings. The van der Waals surface area contributed by atoms with Gasteiger partial charge in [0.1, 0.15) is 5.82 Å². The number of halogens is 2. The lowest BCUT2D eigenvalue weighted by Crippen LogP contribution is -2.24. The Balaban J connectivity index is 2.58. The van der Waals surface area contributed by atoms with Crippen LogP contribution in [-0.2, 0) is 0 Å². The molecule has 0 aliphatic carbocycles. The lowest BCUT2D eigenvalue weighted by Gasteiger charge is -2.22. The summed E-state index contributed by atoms with van der Waals surface area (Å²) in [7, 11) is 1.83. The van der Waals surface area contributed by atoms with Crippen molar-refractivity contribution in [1.82, 2.24) is 15.1 Å². The molecule has 2 rings (SSSR count). The van der Waals surface area contributed by atoms with Crippen LogP contribution in [0.1, 0.15) is 42.8 Å². The number of hydrogen-bond acceptors (Lipinski definition) is 2. The average molecular weight is 340 g/mol. The number of hydrogen-bond donors (Lipinski definition) is 1. The van der Waals surface area contributed by atoms with E-state index in [4.69, 9.17) is 0 Å². The monoisotopic (exact) mass is 339 g/mol. The summed E-state index contributed by atoms with van der Waals surface area (Å²) in [5.74, 6) is -0.210. The van der Waals surface area contributed by atoms with Crippen molar-refractivity contribution in [3.05, 3.63) is 51.5 Å². The molecule has 20 heavy (non-hydrogen) atoms. The average Bonchev–Trinajstić information content (AvgIpc) is 2.77. The van der Waals surface area contributed by atoms with E-state index in [1.807, 2.05) is 24.7 Å². The quantitative estimate of drug-likeness (QED) is 0.912. The number of aromatic nitrogens is 2. The van der Waals surface area contributed by atoms with Crippen molar-refractivity contribution >= 4 is 15.9 Å². The second-order valence-corrected chi connectivity index (χ2v) is 6.02. The molecule has 0 aliphatic heterocycles. The van der Waals surface area contributed by atoms with Crippen LogP contribution in [-0.4, -0.2) is 16.8 Å². The van der Waals surface area contributed by atoms with E-state index in [0.29, 0.717) is 5.56 Å². The summed E-state index contributed by atoms with van der Waals surface area (Å²) in [4.78, 5) is 0. The summed E-state index contributed by atoms with van der Waals surface area (Å²) in [6.07, 6.45) is 1.76. The van der Waals surface area contributed by atoms with E-state index in [2.05, 4.69) is 40.2 Å². The second kappa shape index (κ2) is 6.06. The molecular formula is C15H19BrFN3. The maximum Gasteiger partial charge on any atom is 0.128 e. The third-order valence-electron chi connectivity index (χ3n) is 3.30. The molecule has 0 spiro atoms. The molecule has 3 nitrogen and oxygen atoms in total. The summed E-state index contributed by atoms with van der Waals surface area (Å²) in [6, 6.07) is 5.13. The van der Waals surface area contributed by atoms with Crippen molar-refractivity contribution in [2.45, 2.75) is 32.9 Å². The molecule has 1 unspecified atom stereocenters.